The van der Waals surface area contributed by atoms with E-state index < -0.39 is 0 Å². The molecule has 1 aromatic rings. The predicted octanol–water partition coefficient (Wildman–Crippen LogP) is 3.51. The van der Waals surface area contributed by atoms with Gasteiger partial charge in [-0.25, -0.2) is 0 Å². The highest BCUT2D eigenvalue weighted by Gasteiger charge is 2.37. The van der Waals surface area contributed by atoms with Crippen LogP contribution in [0.4, 0.5) is 0 Å². The zero-order chi connectivity index (χ0) is 13.0. The van der Waals surface area contributed by atoms with Crippen molar-refractivity contribution in [3.8, 4) is 5.75 Å². The van der Waals surface area contributed by atoms with Crippen molar-refractivity contribution in [2.45, 2.75) is 51.0 Å². The molecule has 0 spiro atoms. The van der Waals surface area contributed by atoms with Gasteiger partial charge in [-0.2, -0.15) is 0 Å². The van der Waals surface area contributed by atoms with E-state index in [0.29, 0.717) is 6.04 Å². The van der Waals surface area contributed by atoms with Gasteiger partial charge in [0.15, 0.2) is 0 Å². The van der Waals surface area contributed by atoms with E-state index in [1.165, 1.54) is 24.8 Å². The van der Waals surface area contributed by atoms with Gasteiger partial charge >= 0.3 is 0 Å². The second-order valence-electron chi connectivity index (χ2n) is 5.63. The van der Waals surface area contributed by atoms with Crippen LogP contribution in [0.1, 0.15) is 45.1 Å². The lowest BCUT2D eigenvalue weighted by atomic mass is 9.80. The van der Waals surface area contributed by atoms with E-state index in [1.54, 1.807) is 0 Å². The van der Waals surface area contributed by atoms with Gasteiger partial charge in [0.2, 0.25) is 0 Å². The van der Waals surface area contributed by atoms with Crippen molar-refractivity contribution in [2.75, 3.05) is 13.7 Å². The van der Waals surface area contributed by atoms with Crippen molar-refractivity contribution in [1.82, 2.24) is 5.32 Å². The average Bonchev–Trinajstić information content (AvgIpc) is 2.80. The van der Waals surface area contributed by atoms with Gasteiger partial charge in [0.25, 0.3) is 0 Å². The molecule has 2 heteroatoms. The first-order valence-electron chi connectivity index (χ1n) is 7.09. The number of para-hydroxylation sites is 1. The first kappa shape index (κ1) is 13.4. The summed E-state index contributed by atoms with van der Waals surface area (Å²) < 4.78 is 5.91. The first-order valence-corrected chi connectivity index (χ1v) is 7.09. The van der Waals surface area contributed by atoms with Gasteiger partial charge in [-0.3, -0.25) is 0 Å². The molecule has 100 valence electrons. The minimum Gasteiger partial charge on any atom is -0.493 e. The van der Waals surface area contributed by atoms with Crippen LogP contribution in [0.15, 0.2) is 24.3 Å². The molecule has 0 saturated heterocycles. The Hall–Kier alpha value is -1.02. The van der Waals surface area contributed by atoms with Gasteiger partial charge in [-0.05, 0) is 44.2 Å². The molecule has 1 aromatic carbocycles. The molecular formula is C16H25NO. The van der Waals surface area contributed by atoms with Crippen molar-refractivity contribution in [3.63, 3.8) is 0 Å². The third-order valence-electron chi connectivity index (χ3n) is 4.15. The van der Waals surface area contributed by atoms with Crippen LogP contribution >= 0.6 is 0 Å². The number of hydrogen-bond acceptors (Lipinski definition) is 2. The van der Waals surface area contributed by atoms with E-state index in [0.717, 1.165) is 18.8 Å². The molecule has 1 aliphatic rings. The van der Waals surface area contributed by atoms with Crippen LogP contribution < -0.4 is 10.1 Å². The molecule has 1 saturated carbocycles. The predicted molar refractivity (Wildman–Crippen MR) is 76.3 cm³/mol. The summed E-state index contributed by atoms with van der Waals surface area (Å²) in [4.78, 5) is 0. The molecule has 1 aliphatic carbocycles. The summed E-state index contributed by atoms with van der Waals surface area (Å²) in [6.45, 7) is 5.33. The van der Waals surface area contributed by atoms with Crippen LogP contribution in [0.25, 0.3) is 0 Å². The van der Waals surface area contributed by atoms with Crippen LogP contribution in [-0.4, -0.2) is 19.7 Å². The summed E-state index contributed by atoms with van der Waals surface area (Å²) in [6.07, 6.45) is 4.76. The van der Waals surface area contributed by atoms with Crippen molar-refractivity contribution < 1.29 is 4.74 Å². The molecule has 2 atom stereocenters. The highest BCUT2D eigenvalue weighted by atomic mass is 16.5. The van der Waals surface area contributed by atoms with Crippen LogP contribution in [0.5, 0.6) is 5.75 Å². The zero-order valence-corrected chi connectivity index (χ0v) is 11.8. The number of hydrogen-bond donors (Lipinski definition) is 1. The fourth-order valence-corrected chi connectivity index (χ4v) is 3.03. The molecule has 0 bridgehead atoms. The normalized spacial score (nSPS) is 27.4. The summed E-state index contributed by atoms with van der Waals surface area (Å²) in [5, 5.41) is 3.41. The maximum Gasteiger partial charge on any atom is 0.123 e. The van der Waals surface area contributed by atoms with Crippen LogP contribution in [0.2, 0.25) is 0 Å². The molecule has 1 fully saturated rings. The Morgan fingerprint density at radius 2 is 2.17 bits per heavy atom. The van der Waals surface area contributed by atoms with Crippen molar-refractivity contribution >= 4 is 0 Å². The fraction of sp³-hybridized carbons (Fsp3) is 0.625. The summed E-state index contributed by atoms with van der Waals surface area (Å²) in [5.74, 6) is 1.08. The molecule has 2 unspecified atom stereocenters. The topological polar surface area (TPSA) is 21.3 Å². The summed E-state index contributed by atoms with van der Waals surface area (Å²) >= 11 is 0. The largest absolute Gasteiger partial charge is 0.493 e. The lowest BCUT2D eigenvalue weighted by Gasteiger charge is -2.27. The van der Waals surface area contributed by atoms with E-state index in [1.807, 2.05) is 0 Å². The summed E-state index contributed by atoms with van der Waals surface area (Å²) in [6, 6.07) is 9.20. The SMILES string of the molecule is CCCOc1ccccc1C1(C)CCC(NC)C1. The molecule has 0 heterocycles. The third-order valence-corrected chi connectivity index (χ3v) is 4.15. The maximum atomic E-state index is 5.91. The van der Waals surface area contributed by atoms with Gasteiger partial charge in [0.05, 0.1) is 6.61 Å². The Bertz CT molecular complexity index is 390. The molecule has 2 nitrogen and oxygen atoms in total. The van der Waals surface area contributed by atoms with Gasteiger partial charge in [0, 0.05) is 11.6 Å². The van der Waals surface area contributed by atoms with E-state index in [4.69, 9.17) is 4.74 Å². The molecule has 0 amide bonds. The number of benzene rings is 1. The second kappa shape index (κ2) is 5.75. The minimum atomic E-state index is 0.262. The standard InChI is InChI=1S/C16H25NO/c1-4-11-18-15-8-6-5-7-14(15)16(2)10-9-13(12-16)17-3/h5-8,13,17H,4,9-12H2,1-3H3. The third kappa shape index (κ3) is 2.69. The van der Waals surface area contributed by atoms with Crippen LogP contribution in [0, 0.1) is 0 Å². The van der Waals surface area contributed by atoms with Crippen molar-refractivity contribution in [3.05, 3.63) is 29.8 Å². The molecule has 2 rings (SSSR count). The van der Waals surface area contributed by atoms with Gasteiger partial charge in [0.1, 0.15) is 5.75 Å². The van der Waals surface area contributed by atoms with E-state index in [-0.39, 0.29) is 5.41 Å². The highest BCUT2D eigenvalue weighted by Crippen LogP contribution is 2.44. The highest BCUT2D eigenvalue weighted by molar-refractivity contribution is 5.40. The molecule has 0 radical (unpaired) electrons. The molecule has 0 aliphatic heterocycles. The van der Waals surface area contributed by atoms with Crippen molar-refractivity contribution in [1.29, 1.82) is 0 Å². The lowest BCUT2D eigenvalue weighted by Crippen LogP contribution is -2.26. The lowest BCUT2D eigenvalue weighted by molar-refractivity contribution is 0.304. The molecular weight excluding hydrogens is 222 g/mol. The number of rotatable bonds is 5. The molecule has 18 heavy (non-hydrogen) atoms. The second-order valence-corrected chi connectivity index (χ2v) is 5.63. The smallest absolute Gasteiger partial charge is 0.123 e. The average molecular weight is 247 g/mol. The molecule has 1 N–H and O–H groups in total. The number of ether oxygens (including phenoxy) is 1. The summed E-state index contributed by atoms with van der Waals surface area (Å²) in [5.41, 5.74) is 1.65. The van der Waals surface area contributed by atoms with Crippen LogP contribution in [0.3, 0.4) is 0 Å². The maximum absolute atomic E-state index is 5.91. The Morgan fingerprint density at radius 3 is 2.83 bits per heavy atom. The zero-order valence-electron chi connectivity index (χ0n) is 11.8. The van der Waals surface area contributed by atoms with Gasteiger partial charge in [-0.15, -0.1) is 0 Å². The molecule has 0 aromatic heterocycles. The monoisotopic (exact) mass is 247 g/mol. The minimum absolute atomic E-state index is 0.262. The summed E-state index contributed by atoms with van der Waals surface area (Å²) in [7, 11) is 2.07. The fourth-order valence-electron chi connectivity index (χ4n) is 3.03. The van der Waals surface area contributed by atoms with Gasteiger partial charge < -0.3 is 10.1 Å². The quantitative estimate of drug-likeness (QED) is 0.859. The number of nitrogens with one attached hydrogen (secondary N) is 1. The van der Waals surface area contributed by atoms with E-state index >= 15 is 0 Å². The van der Waals surface area contributed by atoms with E-state index in [9.17, 15) is 0 Å². The van der Waals surface area contributed by atoms with Crippen LogP contribution in [-0.2, 0) is 5.41 Å². The van der Waals surface area contributed by atoms with Gasteiger partial charge in [-0.1, -0.05) is 32.0 Å². The Morgan fingerprint density at radius 1 is 1.39 bits per heavy atom. The first-order chi connectivity index (χ1) is 8.69. The Kier molecular flexibility index (Phi) is 4.28. The Balaban J connectivity index is 2.21. The van der Waals surface area contributed by atoms with Crippen molar-refractivity contribution in [2.24, 2.45) is 0 Å². The Labute approximate surface area is 111 Å². The van der Waals surface area contributed by atoms with E-state index in [2.05, 4.69) is 50.5 Å².